The maximum absolute atomic E-state index is 13.2. The summed E-state index contributed by atoms with van der Waals surface area (Å²) in [7, 11) is 1.62. The molecule has 20 heavy (non-hydrogen) atoms. The van der Waals surface area contributed by atoms with E-state index < -0.39 is 0 Å². The molecule has 0 aliphatic heterocycles. The zero-order valence-electron chi connectivity index (χ0n) is 10.9. The molecule has 3 rings (SSSR count). The number of hydrogen-bond acceptors (Lipinski definition) is 3. The molecule has 0 bridgehead atoms. The summed E-state index contributed by atoms with van der Waals surface area (Å²) in [5.74, 6) is 1.20. The lowest BCUT2D eigenvalue weighted by atomic mass is 10.2. The van der Waals surface area contributed by atoms with Gasteiger partial charge >= 0.3 is 0 Å². The summed E-state index contributed by atoms with van der Waals surface area (Å²) in [5, 5.41) is 1.04. The molecule has 102 valence electrons. The van der Waals surface area contributed by atoms with Crippen molar-refractivity contribution in [2.75, 3.05) is 7.11 Å². The van der Waals surface area contributed by atoms with Gasteiger partial charge in [-0.2, -0.15) is 0 Å². The first kappa shape index (κ1) is 12.9. The maximum Gasteiger partial charge on any atom is 0.161 e. The van der Waals surface area contributed by atoms with Gasteiger partial charge in [0, 0.05) is 9.58 Å². The van der Waals surface area contributed by atoms with Crippen molar-refractivity contribution in [3.05, 3.63) is 59.2 Å². The van der Waals surface area contributed by atoms with E-state index in [0.717, 1.165) is 15.0 Å². The van der Waals surface area contributed by atoms with Crippen molar-refractivity contribution < 1.29 is 13.9 Å². The summed E-state index contributed by atoms with van der Waals surface area (Å²) in [5.41, 5.74) is 0. The van der Waals surface area contributed by atoms with Gasteiger partial charge in [0.15, 0.2) is 11.5 Å². The van der Waals surface area contributed by atoms with Crippen LogP contribution in [0.4, 0.5) is 4.39 Å². The molecule has 3 aromatic rings. The third kappa shape index (κ3) is 2.60. The Morgan fingerprint density at radius 1 is 1.05 bits per heavy atom. The second kappa shape index (κ2) is 5.51. The van der Waals surface area contributed by atoms with Gasteiger partial charge in [0.1, 0.15) is 12.4 Å². The Hall–Kier alpha value is -2.07. The van der Waals surface area contributed by atoms with Crippen LogP contribution in [0.15, 0.2) is 48.5 Å². The highest BCUT2D eigenvalue weighted by molar-refractivity contribution is 7.19. The van der Waals surface area contributed by atoms with Crippen molar-refractivity contribution >= 4 is 21.4 Å². The highest BCUT2D eigenvalue weighted by Crippen LogP contribution is 2.30. The van der Waals surface area contributed by atoms with Crippen LogP contribution in [0.25, 0.3) is 10.1 Å². The minimum absolute atomic E-state index is 0.212. The van der Waals surface area contributed by atoms with Gasteiger partial charge in [0.25, 0.3) is 0 Å². The molecular weight excluding hydrogens is 275 g/mol. The summed E-state index contributed by atoms with van der Waals surface area (Å²) in [6.07, 6.45) is 0. The average Bonchev–Trinajstić information content (AvgIpc) is 2.87. The smallest absolute Gasteiger partial charge is 0.161 e. The number of rotatable bonds is 4. The molecule has 0 radical (unpaired) electrons. The minimum Gasteiger partial charge on any atom is -0.493 e. The molecule has 0 aliphatic rings. The SMILES string of the molecule is COc1ccccc1OCc1cc2ccc(F)cc2s1. The molecule has 0 fully saturated rings. The molecule has 0 saturated carbocycles. The Bertz CT molecular complexity index is 736. The van der Waals surface area contributed by atoms with Gasteiger partial charge in [0.05, 0.1) is 7.11 Å². The number of methoxy groups -OCH3 is 1. The van der Waals surface area contributed by atoms with E-state index in [-0.39, 0.29) is 5.82 Å². The van der Waals surface area contributed by atoms with E-state index in [2.05, 4.69) is 0 Å². The Morgan fingerprint density at radius 3 is 2.65 bits per heavy atom. The molecule has 1 heterocycles. The van der Waals surface area contributed by atoms with E-state index in [1.807, 2.05) is 30.3 Å². The summed E-state index contributed by atoms with van der Waals surface area (Å²) in [6.45, 7) is 0.446. The fraction of sp³-hybridized carbons (Fsp3) is 0.125. The molecule has 4 heteroatoms. The van der Waals surface area contributed by atoms with Gasteiger partial charge in [-0.3, -0.25) is 0 Å². The first-order valence-electron chi connectivity index (χ1n) is 6.20. The van der Waals surface area contributed by atoms with Crippen molar-refractivity contribution in [3.8, 4) is 11.5 Å². The van der Waals surface area contributed by atoms with Gasteiger partial charge in [-0.1, -0.05) is 18.2 Å². The first-order valence-corrected chi connectivity index (χ1v) is 7.02. The van der Waals surface area contributed by atoms with Gasteiger partial charge < -0.3 is 9.47 Å². The van der Waals surface area contributed by atoms with Crippen molar-refractivity contribution in [2.45, 2.75) is 6.61 Å². The van der Waals surface area contributed by atoms with E-state index in [1.165, 1.54) is 17.4 Å². The lowest BCUT2D eigenvalue weighted by Gasteiger charge is -2.08. The van der Waals surface area contributed by atoms with Crippen LogP contribution in [-0.4, -0.2) is 7.11 Å². The summed E-state index contributed by atoms with van der Waals surface area (Å²) in [6, 6.07) is 14.3. The molecule has 2 aromatic carbocycles. The van der Waals surface area contributed by atoms with E-state index >= 15 is 0 Å². The fourth-order valence-corrected chi connectivity index (χ4v) is 3.02. The Morgan fingerprint density at radius 2 is 1.85 bits per heavy atom. The van der Waals surface area contributed by atoms with E-state index in [4.69, 9.17) is 9.47 Å². The van der Waals surface area contributed by atoms with Crippen molar-refractivity contribution in [1.29, 1.82) is 0 Å². The molecule has 0 unspecified atom stereocenters. The average molecular weight is 288 g/mol. The molecule has 0 N–H and O–H groups in total. The third-order valence-electron chi connectivity index (χ3n) is 2.97. The highest BCUT2D eigenvalue weighted by Gasteiger charge is 2.06. The second-order valence-corrected chi connectivity index (χ2v) is 5.50. The van der Waals surface area contributed by atoms with Gasteiger partial charge in [-0.05, 0) is 35.7 Å². The number of benzene rings is 2. The molecule has 2 nitrogen and oxygen atoms in total. The maximum atomic E-state index is 13.2. The number of hydrogen-bond donors (Lipinski definition) is 0. The topological polar surface area (TPSA) is 18.5 Å². The van der Waals surface area contributed by atoms with Crippen LogP contribution in [0.1, 0.15) is 4.88 Å². The lowest BCUT2D eigenvalue weighted by molar-refractivity contribution is 0.287. The van der Waals surface area contributed by atoms with Gasteiger partial charge in [0.2, 0.25) is 0 Å². The molecule has 0 amide bonds. The number of fused-ring (bicyclic) bond motifs is 1. The first-order chi connectivity index (χ1) is 9.76. The number of para-hydroxylation sites is 2. The van der Waals surface area contributed by atoms with E-state index in [9.17, 15) is 4.39 Å². The van der Waals surface area contributed by atoms with Crippen LogP contribution in [0.5, 0.6) is 11.5 Å². The van der Waals surface area contributed by atoms with E-state index in [1.54, 1.807) is 19.2 Å². The van der Waals surface area contributed by atoms with Gasteiger partial charge in [-0.25, -0.2) is 4.39 Å². The fourth-order valence-electron chi connectivity index (χ4n) is 2.02. The van der Waals surface area contributed by atoms with Crippen LogP contribution in [0.2, 0.25) is 0 Å². The predicted molar refractivity (Wildman–Crippen MR) is 79.1 cm³/mol. The third-order valence-corrected chi connectivity index (χ3v) is 4.04. The molecule has 0 spiro atoms. The lowest BCUT2D eigenvalue weighted by Crippen LogP contribution is -1.95. The molecular formula is C16H13FO2S. The number of thiophene rings is 1. The van der Waals surface area contributed by atoms with Crippen molar-refractivity contribution in [1.82, 2.24) is 0 Å². The Balaban J connectivity index is 1.79. The van der Waals surface area contributed by atoms with Crippen LogP contribution in [0, 0.1) is 5.82 Å². The number of ether oxygens (including phenoxy) is 2. The van der Waals surface area contributed by atoms with Gasteiger partial charge in [-0.15, -0.1) is 11.3 Å². The highest BCUT2D eigenvalue weighted by atomic mass is 32.1. The normalized spacial score (nSPS) is 10.7. The molecule has 0 saturated heterocycles. The zero-order chi connectivity index (χ0) is 13.9. The summed E-state index contributed by atoms with van der Waals surface area (Å²) in [4.78, 5) is 1.05. The Kier molecular flexibility index (Phi) is 3.56. The zero-order valence-corrected chi connectivity index (χ0v) is 11.7. The monoisotopic (exact) mass is 288 g/mol. The summed E-state index contributed by atoms with van der Waals surface area (Å²) < 4.78 is 25.1. The van der Waals surface area contributed by atoms with Crippen LogP contribution < -0.4 is 9.47 Å². The standard InChI is InChI=1S/C16H13FO2S/c1-18-14-4-2-3-5-15(14)19-10-13-8-11-6-7-12(17)9-16(11)20-13/h2-9H,10H2,1H3. The molecule has 0 atom stereocenters. The quantitative estimate of drug-likeness (QED) is 0.697. The largest absolute Gasteiger partial charge is 0.493 e. The van der Waals surface area contributed by atoms with E-state index in [0.29, 0.717) is 18.1 Å². The van der Waals surface area contributed by atoms with Crippen molar-refractivity contribution in [3.63, 3.8) is 0 Å². The minimum atomic E-state index is -0.212. The molecule has 1 aromatic heterocycles. The summed E-state index contributed by atoms with van der Waals surface area (Å²) >= 11 is 1.54. The molecule has 0 aliphatic carbocycles. The number of halogens is 1. The van der Waals surface area contributed by atoms with Crippen LogP contribution in [-0.2, 0) is 6.61 Å². The van der Waals surface area contributed by atoms with Crippen molar-refractivity contribution in [2.24, 2.45) is 0 Å². The second-order valence-electron chi connectivity index (χ2n) is 4.33. The Labute approximate surface area is 120 Å². The van der Waals surface area contributed by atoms with Crippen LogP contribution >= 0.6 is 11.3 Å². The predicted octanol–water partition coefficient (Wildman–Crippen LogP) is 4.63. The van der Waals surface area contributed by atoms with Crippen LogP contribution in [0.3, 0.4) is 0 Å².